The second kappa shape index (κ2) is 5.54. The summed E-state index contributed by atoms with van der Waals surface area (Å²) < 4.78 is 21.5. The first kappa shape index (κ1) is 11.9. The molecule has 0 rings (SSSR count). The summed E-state index contributed by atoms with van der Waals surface area (Å²) in [4.78, 5) is 0. The summed E-state index contributed by atoms with van der Waals surface area (Å²) in [6, 6.07) is 0.465. The Morgan fingerprint density at radius 1 is 1.25 bits per heavy atom. The molecule has 0 aromatic heterocycles. The monoisotopic (exact) mass is 193 g/mol. The molecule has 0 fully saturated rings. The predicted molar refractivity (Wildman–Crippen MR) is 52.1 cm³/mol. The van der Waals surface area contributed by atoms with Gasteiger partial charge in [0.25, 0.3) is 0 Å². The molecule has 0 atom stereocenters. The van der Waals surface area contributed by atoms with Gasteiger partial charge in [-0.25, -0.2) is 8.42 Å². The SMILES string of the molecule is CCC(CC)NCCS(C)(=O)=O. The van der Waals surface area contributed by atoms with Gasteiger partial charge in [0.15, 0.2) is 0 Å². The molecule has 0 aliphatic rings. The summed E-state index contributed by atoms with van der Waals surface area (Å²) in [5, 5.41) is 3.20. The van der Waals surface area contributed by atoms with Gasteiger partial charge in [-0.3, -0.25) is 0 Å². The minimum Gasteiger partial charge on any atom is -0.313 e. The Morgan fingerprint density at radius 3 is 2.08 bits per heavy atom. The lowest BCUT2D eigenvalue weighted by Gasteiger charge is -2.13. The van der Waals surface area contributed by atoms with E-state index in [-0.39, 0.29) is 5.75 Å². The fourth-order valence-corrected chi connectivity index (χ4v) is 1.51. The molecule has 4 heteroatoms. The second-order valence-electron chi connectivity index (χ2n) is 3.10. The maximum absolute atomic E-state index is 10.7. The van der Waals surface area contributed by atoms with Gasteiger partial charge in [0.05, 0.1) is 5.75 Å². The summed E-state index contributed by atoms with van der Waals surface area (Å²) in [5.74, 6) is 0.240. The summed E-state index contributed by atoms with van der Waals surface area (Å²) in [6.45, 7) is 4.77. The van der Waals surface area contributed by atoms with E-state index in [1.54, 1.807) is 0 Å². The largest absolute Gasteiger partial charge is 0.313 e. The normalized spacial score (nSPS) is 12.3. The molecular formula is C8H19NO2S. The zero-order valence-corrected chi connectivity index (χ0v) is 8.95. The van der Waals surface area contributed by atoms with Crippen LogP contribution in [0.3, 0.4) is 0 Å². The smallest absolute Gasteiger partial charge is 0.148 e. The topological polar surface area (TPSA) is 46.2 Å². The highest BCUT2D eigenvalue weighted by atomic mass is 32.2. The van der Waals surface area contributed by atoms with E-state index in [9.17, 15) is 8.42 Å². The fraction of sp³-hybridized carbons (Fsp3) is 1.00. The van der Waals surface area contributed by atoms with Crippen molar-refractivity contribution in [2.75, 3.05) is 18.6 Å². The van der Waals surface area contributed by atoms with E-state index < -0.39 is 9.84 Å². The standard InChI is InChI=1S/C8H19NO2S/c1-4-8(5-2)9-6-7-12(3,10)11/h8-9H,4-7H2,1-3H3. The fourth-order valence-electron chi connectivity index (χ4n) is 1.03. The number of nitrogens with one attached hydrogen (secondary N) is 1. The molecule has 0 radical (unpaired) electrons. The van der Waals surface area contributed by atoms with Crippen LogP contribution >= 0.6 is 0 Å². The molecule has 0 bridgehead atoms. The Morgan fingerprint density at radius 2 is 1.75 bits per heavy atom. The second-order valence-corrected chi connectivity index (χ2v) is 5.36. The number of rotatable bonds is 6. The lowest BCUT2D eigenvalue weighted by atomic mass is 10.2. The predicted octanol–water partition coefficient (Wildman–Crippen LogP) is 0.809. The van der Waals surface area contributed by atoms with Gasteiger partial charge in [-0.2, -0.15) is 0 Å². The summed E-state index contributed by atoms with van der Waals surface area (Å²) >= 11 is 0. The lowest BCUT2D eigenvalue weighted by Crippen LogP contribution is -2.31. The molecule has 0 aromatic rings. The van der Waals surface area contributed by atoms with Crippen molar-refractivity contribution < 1.29 is 8.42 Å². The van der Waals surface area contributed by atoms with Crippen LogP contribution in [-0.4, -0.2) is 33.0 Å². The van der Waals surface area contributed by atoms with E-state index in [0.29, 0.717) is 12.6 Å². The molecule has 0 aliphatic heterocycles. The van der Waals surface area contributed by atoms with Gasteiger partial charge < -0.3 is 5.32 Å². The highest BCUT2D eigenvalue weighted by Gasteiger charge is 2.04. The lowest BCUT2D eigenvalue weighted by molar-refractivity contribution is 0.497. The van der Waals surface area contributed by atoms with Crippen LogP contribution in [-0.2, 0) is 9.84 Å². The van der Waals surface area contributed by atoms with Crippen LogP contribution in [0.4, 0.5) is 0 Å². The molecule has 74 valence electrons. The van der Waals surface area contributed by atoms with Crippen molar-refractivity contribution in [1.29, 1.82) is 0 Å². The van der Waals surface area contributed by atoms with Crippen LogP contribution in [0.25, 0.3) is 0 Å². The average Bonchev–Trinajstić information content (AvgIpc) is 1.96. The summed E-state index contributed by atoms with van der Waals surface area (Å²) in [7, 11) is -2.80. The quantitative estimate of drug-likeness (QED) is 0.679. The maximum atomic E-state index is 10.7. The van der Waals surface area contributed by atoms with Crippen molar-refractivity contribution in [3.8, 4) is 0 Å². The molecule has 12 heavy (non-hydrogen) atoms. The molecule has 0 aliphatic carbocycles. The van der Waals surface area contributed by atoms with Gasteiger partial charge >= 0.3 is 0 Å². The third-order valence-electron chi connectivity index (χ3n) is 1.89. The van der Waals surface area contributed by atoms with Crippen LogP contribution in [0, 0.1) is 0 Å². The van der Waals surface area contributed by atoms with E-state index in [1.165, 1.54) is 6.26 Å². The highest BCUT2D eigenvalue weighted by Crippen LogP contribution is 1.95. The van der Waals surface area contributed by atoms with E-state index in [2.05, 4.69) is 19.2 Å². The van der Waals surface area contributed by atoms with Crippen LogP contribution in [0.1, 0.15) is 26.7 Å². The number of sulfone groups is 1. The Bertz CT molecular complexity index is 195. The van der Waals surface area contributed by atoms with Crippen molar-refractivity contribution >= 4 is 9.84 Å². The minimum atomic E-state index is -2.80. The molecule has 0 saturated carbocycles. The van der Waals surface area contributed by atoms with Crippen molar-refractivity contribution in [3.05, 3.63) is 0 Å². The van der Waals surface area contributed by atoms with E-state index in [4.69, 9.17) is 0 Å². The molecule has 0 unspecified atom stereocenters. The molecule has 3 nitrogen and oxygen atoms in total. The molecule has 0 aromatic carbocycles. The van der Waals surface area contributed by atoms with E-state index >= 15 is 0 Å². The molecule has 0 heterocycles. The van der Waals surface area contributed by atoms with Gasteiger partial charge in [-0.1, -0.05) is 13.8 Å². The first-order valence-electron chi connectivity index (χ1n) is 4.40. The Balaban J connectivity index is 3.55. The average molecular weight is 193 g/mol. The van der Waals surface area contributed by atoms with Crippen LogP contribution < -0.4 is 5.32 Å². The van der Waals surface area contributed by atoms with Gasteiger partial charge in [-0.15, -0.1) is 0 Å². The summed E-state index contributed by atoms with van der Waals surface area (Å²) in [6.07, 6.45) is 3.38. The van der Waals surface area contributed by atoms with Gasteiger partial charge in [-0.05, 0) is 12.8 Å². The highest BCUT2D eigenvalue weighted by molar-refractivity contribution is 7.90. The minimum absolute atomic E-state index is 0.240. The van der Waals surface area contributed by atoms with Gasteiger partial charge in [0.2, 0.25) is 0 Å². The Labute approximate surface area is 75.5 Å². The Kier molecular flexibility index (Phi) is 5.50. The number of hydrogen-bond donors (Lipinski definition) is 1. The van der Waals surface area contributed by atoms with Crippen LogP contribution in [0.2, 0.25) is 0 Å². The zero-order valence-electron chi connectivity index (χ0n) is 8.13. The summed E-state index contributed by atoms with van der Waals surface area (Å²) in [5.41, 5.74) is 0. The van der Waals surface area contributed by atoms with Crippen molar-refractivity contribution in [3.63, 3.8) is 0 Å². The van der Waals surface area contributed by atoms with Crippen LogP contribution in [0.15, 0.2) is 0 Å². The van der Waals surface area contributed by atoms with Crippen molar-refractivity contribution in [2.24, 2.45) is 0 Å². The molecular weight excluding hydrogens is 174 g/mol. The molecule has 0 saturated heterocycles. The van der Waals surface area contributed by atoms with E-state index in [0.717, 1.165) is 12.8 Å². The molecule has 0 amide bonds. The van der Waals surface area contributed by atoms with Crippen molar-refractivity contribution in [1.82, 2.24) is 5.32 Å². The van der Waals surface area contributed by atoms with Crippen molar-refractivity contribution in [2.45, 2.75) is 32.7 Å². The first-order valence-corrected chi connectivity index (χ1v) is 6.46. The van der Waals surface area contributed by atoms with Gasteiger partial charge in [0.1, 0.15) is 9.84 Å². The third-order valence-corrected chi connectivity index (χ3v) is 2.84. The first-order chi connectivity index (χ1) is 5.49. The maximum Gasteiger partial charge on any atom is 0.148 e. The molecule has 0 spiro atoms. The third kappa shape index (κ3) is 6.61. The zero-order chi connectivity index (χ0) is 9.61. The van der Waals surface area contributed by atoms with Crippen LogP contribution in [0.5, 0.6) is 0 Å². The van der Waals surface area contributed by atoms with E-state index in [1.807, 2.05) is 0 Å². The number of hydrogen-bond acceptors (Lipinski definition) is 3. The Hall–Kier alpha value is -0.0900. The molecule has 1 N–H and O–H groups in total. The van der Waals surface area contributed by atoms with Gasteiger partial charge in [0, 0.05) is 18.8 Å².